The van der Waals surface area contributed by atoms with Gasteiger partial charge in [-0.2, -0.15) is 17.5 Å². The zero-order valence-electron chi connectivity index (χ0n) is 20.1. The second-order valence-corrected chi connectivity index (χ2v) is 12.6. The highest BCUT2D eigenvalue weighted by Gasteiger charge is 2.39. The lowest BCUT2D eigenvalue weighted by atomic mass is 9.83. The minimum Gasteiger partial charge on any atom is -0.385 e. The standard InChI is InChI=1S/C23H28ClF3N2O5S2/c1-15-12-20(16(2)35-15)36(32,33)28(3)10-11-34-14-21(30)29-8-6-22(31,7-9-29)17-4-5-19(24)18(13-17)23(25,26)27/h4-5,12-13,31H,6-11,14H2,1-3H3. The van der Waals surface area contributed by atoms with Crippen molar-refractivity contribution >= 4 is 38.9 Å². The third-order valence-corrected chi connectivity index (χ3v) is 9.62. The number of piperidine rings is 1. The lowest BCUT2D eigenvalue weighted by molar-refractivity contribution is -0.140. The van der Waals surface area contributed by atoms with E-state index in [1.807, 2.05) is 6.92 Å². The van der Waals surface area contributed by atoms with Crippen molar-refractivity contribution in [1.82, 2.24) is 9.21 Å². The molecule has 0 spiro atoms. The molecule has 36 heavy (non-hydrogen) atoms. The first-order valence-electron chi connectivity index (χ1n) is 11.1. The Morgan fingerprint density at radius 3 is 2.44 bits per heavy atom. The summed E-state index contributed by atoms with van der Waals surface area (Å²) < 4.78 is 71.6. The van der Waals surface area contributed by atoms with Gasteiger partial charge in [0.2, 0.25) is 15.9 Å². The van der Waals surface area contributed by atoms with Gasteiger partial charge >= 0.3 is 6.18 Å². The predicted molar refractivity (Wildman–Crippen MR) is 131 cm³/mol. The Bertz CT molecular complexity index is 1210. The van der Waals surface area contributed by atoms with E-state index < -0.39 is 32.4 Å². The first kappa shape index (κ1) is 28.9. The van der Waals surface area contributed by atoms with Gasteiger partial charge in [0.1, 0.15) is 6.61 Å². The minimum atomic E-state index is -4.65. The lowest BCUT2D eigenvalue weighted by Gasteiger charge is -2.38. The number of amides is 1. The van der Waals surface area contributed by atoms with Crippen molar-refractivity contribution in [3.05, 3.63) is 50.2 Å². The van der Waals surface area contributed by atoms with Crippen LogP contribution < -0.4 is 0 Å². The van der Waals surface area contributed by atoms with Gasteiger partial charge in [-0.1, -0.05) is 17.7 Å². The third kappa shape index (κ3) is 6.40. The molecule has 3 rings (SSSR count). The van der Waals surface area contributed by atoms with E-state index in [4.69, 9.17) is 16.3 Å². The van der Waals surface area contributed by atoms with E-state index in [1.54, 1.807) is 13.0 Å². The number of halogens is 4. The van der Waals surface area contributed by atoms with E-state index in [2.05, 4.69) is 0 Å². The summed E-state index contributed by atoms with van der Waals surface area (Å²) in [7, 11) is -2.22. The minimum absolute atomic E-state index is 0.00636. The van der Waals surface area contributed by atoms with E-state index >= 15 is 0 Å². The van der Waals surface area contributed by atoms with Crippen LogP contribution in [0.1, 0.15) is 33.7 Å². The molecule has 0 bridgehead atoms. The van der Waals surface area contributed by atoms with Crippen LogP contribution in [0.3, 0.4) is 0 Å². The van der Waals surface area contributed by atoms with Crippen LogP contribution in [0.4, 0.5) is 13.2 Å². The number of aliphatic hydroxyl groups is 1. The van der Waals surface area contributed by atoms with Crippen LogP contribution in [0.15, 0.2) is 29.2 Å². The number of aryl methyl sites for hydroxylation is 2. The molecular weight excluding hydrogens is 541 g/mol. The zero-order chi connectivity index (χ0) is 26.9. The van der Waals surface area contributed by atoms with Gasteiger partial charge in [-0.15, -0.1) is 11.3 Å². The van der Waals surface area contributed by atoms with E-state index in [-0.39, 0.29) is 62.1 Å². The molecule has 1 aliphatic heterocycles. The van der Waals surface area contributed by atoms with Crippen LogP contribution in [0.25, 0.3) is 0 Å². The highest BCUT2D eigenvalue weighted by atomic mass is 35.5. The number of hydrogen-bond donors (Lipinski definition) is 1. The van der Waals surface area contributed by atoms with Crippen molar-refractivity contribution in [1.29, 1.82) is 0 Å². The van der Waals surface area contributed by atoms with Crippen molar-refractivity contribution in [3.8, 4) is 0 Å². The number of hydrogen-bond acceptors (Lipinski definition) is 6. The molecule has 1 amide bonds. The molecule has 13 heteroatoms. The summed E-state index contributed by atoms with van der Waals surface area (Å²) in [6.45, 7) is 3.63. The molecule has 2 aromatic rings. The Kier molecular flexibility index (Phi) is 8.79. The smallest absolute Gasteiger partial charge is 0.385 e. The van der Waals surface area contributed by atoms with E-state index in [0.717, 1.165) is 17.0 Å². The van der Waals surface area contributed by atoms with Crippen molar-refractivity contribution in [3.63, 3.8) is 0 Å². The van der Waals surface area contributed by atoms with Crippen LogP contribution in [0.5, 0.6) is 0 Å². The van der Waals surface area contributed by atoms with Gasteiger partial charge in [0.05, 0.1) is 27.7 Å². The SMILES string of the molecule is Cc1cc(S(=O)(=O)N(C)CCOCC(=O)N2CCC(O)(c3ccc(Cl)c(C(F)(F)F)c3)CC2)c(C)s1. The zero-order valence-corrected chi connectivity index (χ0v) is 22.5. The summed E-state index contributed by atoms with van der Waals surface area (Å²) in [5.74, 6) is -0.348. The molecule has 1 aromatic heterocycles. The predicted octanol–water partition coefficient (Wildman–Crippen LogP) is 4.18. The highest BCUT2D eigenvalue weighted by molar-refractivity contribution is 7.89. The van der Waals surface area contributed by atoms with Crippen LogP contribution in [-0.4, -0.2) is 68.5 Å². The molecule has 0 aliphatic carbocycles. The number of ether oxygens (including phenoxy) is 1. The average Bonchev–Trinajstić information content (AvgIpc) is 3.14. The number of likely N-dealkylation sites (N-methyl/N-ethyl adjacent to an activating group) is 1. The molecule has 200 valence electrons. The number of alkyl halides is 3. The summed E-state index contributed by atoms with van der Waals surface area (Å²) >= 11 is 7.07. The monoisotopic (exact) mass is 568 g/mol. The molecule has 2 heterocycles. The average molecular weight is 569 g/mol. The highest BCUT2D eigenvalue weighted by Crippen LogP contribution is 2.40. The van der Waals surface area contributed by atoms with E-state index in [0.29, 0.717) is 4.88 Å². The molecule has 1 fully saturated rings. The number of thiophene rings is 1. The number of sulfonamides is 1. The Morgan fingerprint density at radius 2 is 1.89 bits per heavy atom. The fourth-order valence-corrected chi connectivity index (χ4v) is 6.94. The molecule has 1 N–H and O–H groups in total. The summed E-state index contributed by atoms with van der Waals surface area (Å²) in [6, 6.07) is 4.96. The van der Waals surface area contributed by atoms with Gasteiger partial charge in [-0.3, -0.25) is 4.79 Å². The second kappa shape index (κ2) is 11.0. The second-order valence-electron chi connectivity index (χ2n) is 8.76. The fourth-order valence-electron chi connectivity index (χ4n) is 4.04. The van der Waals surface area contributed by atoms with Crippen LogP contribution >= 0.6 is 22.9 Å². The van der Waals surface area contributed by atoms with E-state index in [9.17, 15) is 31.5 Å². The molecule has 0 atom stereocenters. The molecule has 7 nitrogen and oxygen atoms in total. The van der Waals surface area contributed by atoms with Crippen molar-refractivity contribution < 1.29 is 36.2 Å². The maximum atomic E-state index is 13.2. The first-order valence-corrected chi connectivity index (χ1v) is 13.8. The van der Waals surface area contributed by atoms with Gasteiger partial charge in [0.25, 0.3) is 0 Å². The molecule has 0 saturated carbocycles. The van der Waals surface area contributed by atoms with Crippen molar-refractivity contribution in [2.75, 3.05) is 39.9 Å². The Morgan fingerprint density at radius 1 is 1.25 bits per heavy atom. The number of rotatable bonds is 8. The largest absolute Gasteiger partial charge is 0.417 e. The Hall–Kier alpha value is -1.70. The van der Waals surface area contributed by atoms with Gasteiger partial charge < -0.3 is 14.7 Å². The number of carbonyl (C=O) groups is 1. The molecule has 1 aliphatic rings. The summed E-state index contributed by atoms with van der Waals surface area (Å²) in [5, 5.41) is 10.5. The van der Waals surface area contributed by atoms with Gasteiger partial charge in [0.15, 0.2) is 0 Å². The molecule has 0 radical (unpaired) electrons. The van der Waals surface area contributed by atoms with Crippen molar-refractivity contribution in [2.24, 2.45) is 0 Å². The normalized spacial score (nSPS) is 16.5. The molecular formula is C23H28ClF3N2O5S2. The van der Waals surface area contributed by atoms with E-state index in [1.165, 1.54) is 33.7 Å². The van der Waals surface area contributed by atoms with Crippen LogP contribution in [0, 0.1) is 13.8 Å². The summed E-state index contributed by atoms with van der Waals surface area (Å²) in [5.41, 5.74) is -2.43. The van der Waals surface area contributed by atoms with Crippen LogP contribution in [0.2, 0.25) is 5.02 Å². The van der Waals surface area contributed by atoms with Gasteiger partial charge in [-0.25, -0.2) is 8.42 Å². The lowest BCUT2D eigenvalue weighted by Crippen LogP contribution is -2.46. The Labute approximate surface area is 217 Å². The van der Waals surface area contributed by atoms with Gasteiger partial charge in [0, 0.05) is 36.4 Å². The summed E-state index contributed by atoms with van der Waals surface area (Å²) in [6.07, 6.45) is -4.54. The number of likely N-dealkylation sites (tertiary alicyclic amines) is 1. The first-order chi connectivity index (χ1) is 16.6. The molecule has 1 aromatic carbocycles. The van der Waals surface area contributed by atoms with Crippen molar-refractivity contribution in [2.45, 2.75) is 43.4 Å². The quantitative estimate of drug-likeness (QED) is 0.483. The van der Waals surface area contributed by atoms with Gasteiger partial charge in [-0.05, 0) is 50.5 Å². The summed E-state index contributed by atoms with van der Waals surface area (Å²) in [4.78, 5) is 15.8. The number of benzene rings is 1. The maximum Gasteiger partial charge on any atom is 0.417 e. The fraction of sp³-hybridized carbons (Fsp3) is 0.522. The molecule has 0 unspecified atom stereocenters. The number of carbonyl (C=O) groups excluding carboxylic acids is 1. The molecule has 1 saturated heterocycles. The topological polar surface area (TPSA) is 87.2 Å². The number of nitrogens with zero attached hydrogens (tertiary/aromatic N) is 2. The Balaban J connectivity index is 1.49. The van der Waals surface area contributed by atoms with Crippen LogP contribution in [-0.2, 0) is 31.3 Å². The third-order valence-electron chi connectivity index (χ3n) is 6.21. The maximum absolute atomic E-state index is 13.2.